The highest BCUT2D eigenvalue weighted by molar-refractivity contribution is 6.11. The number of Topliss-reactive ketones (excluding diaryl/α,β-unsaturated/α-hetero) is 1. The molecule has 1 aromatic carbocycles. The standard InChI is InChI=1S/C14H17NO2/c1-3-15(4-2)9-11-10-17-13-8-6-5-7-12(13)14(11)16/h5-9H,3-4,10H2,1-2H3/b11-9-. The van der Waals surface area contributed by atoms with Gasteiger partial charge in [-0.3, -0.25) is 4.79 Å². The summed E-state index contributed by atoms with van der Waals surface area (Å²) in [6, 6.07) is 7.39. The van der Waals surface area contributed by atoms with E-state index in [1.54, 1.807) is 0 Å². The second kappa shape index (κ2) is 5.04. The van der Waals surface area contributed by atoms with E-state index >= 15 is 0 Å². The number of hydrogen-bond donors (Lipinski definition) is 0. The van der Waals surface area contributed by atoms with E-state index in [1.165, 1.54) is 0 Å². The maximum absolute atomic E-state index is 12.2. The Morgan fingerprint density at radius 2 is 2.00 bits per heavy atom. The number of carbonyl (C=O) groups excluding carboxylic acids is 1. The van der Waals surface area contributed by atoms with E-state index in [1.807, 2.05) is 30.5 Å². The van der Waals surface area contributed by atoms with Gasteiger partial charge >= 0.3 is 0 Å². The van der Waals surface area contributed by atoms with Crippen LogP contribution in [0.5, 0.6) is 5.75 Å². The molecular formula is C14H17NO2. The van der Waals surface area contributed by atoms with Crippen molar-refractivity contribution in [3.8, 4) is 5.75 Å². The molecule has 1 aromatic rings. The summed E-state index contributed by atoms with van der Waals surface area (Å²) in [5, 5.41) is 0. The summed E-state index contributed by atoms with van der Waals surface area (Å²) < 4.78 is 5.58. The molecule has 17 heavy (non-hydrogen) atoms. The van der Waals surface area contributed by atoms with Crippen LogP contribution in [-0.2, 0) is 0 Å². The molecule has 90 valence electrons. The first-order valence-electron chi connectivity index (χ1n) is 5.97. The van der Waals surface area contributed by atoms with Crippen molar-refractivity contribution in [3.63, 3.8) is 0 Å². The lowest BCUT2D eigenvalue weighted by atomic mass is 10.0. The molecule has 0 saturated carbocycles. The fourth-order valence-corrected chi connectivity index (χ4v) is 1.90. The van der Waals surface area contributed by atoms with Crippen molar-refractivity contribution >= 4 is 5.78 Å². The summed E-state index contributed by atoms with van der Waals surface area (Å²) in [5.74, 6) is 0.771. The number of ether oxygens (including phenoxy) is 1. The van der Waals surface area contributed by atoms with Gasteiger partial charge in [0.1, 0.15) is 12.4 Å². The number of benzene rings is 1. The van der Waals surface area contributed by atoms with E-state index in [0.717, 1.165) is 18.7 Å². The molecule has 0 bridgehead atoms. The highest BCUT2D eigenvalue weighted by atomic mass is 16.5. The van der Waals surface area contributed by atoms with Gasteiger partial charge in [-0.05, 0) is 26.0 Å². The van der Waals surface area contributed by atoms with Crippen LogP contribution in [0.2, 0.25) is 0 Å². The first kappa shape index (κ1) is 11.7. The van der Waals surface area contributed by atoms with Crippen molar-refractivity contribution in [2.24, 2.45) is 0 Å². The van der Waals surface area contributed by atoms with Gasteiger partial charge in [0.2, 0.25) is 0 Å². The normalized spacial score (nSPS) is 16.6. The quantitative estimate of drug-likeness (QED) is 0.748. The Morgan fingerprint density at radius 3 is 2.71 bits per heavy atom. The molecule has 0 unspecified atom stereocenters. The molecule has 2 rings (SSSR count). The predicted octanol–water partition coefficient (Wildman–Crippen LogP) is 2.49. The van der Waals surface area contributed by atoms with Crippen molar-refractivity contribution in [3.05, 3.63) is 41.6 Å². The average molecular weight is 231 g/mol. The van der Waals surface area contributed by atoms with Crippen LogP contribution in [0.1, 0.15) is 24.2 Å². The fraction of sp³-hybridized carbons (Fsp3) is 0.357. The fourth-order valence-electron chi connectivity index (χ4n) is 1.90. The molecular weight excluding hydrogens is 214 g/mol. The summed E-state index contributed by atoms with van der Waals surface area (Å²) in [4.78, 5) is 14.3. The summed E-state index contributed by atoms with van der Waals surface area (Å²) in [5.41, 5.74) is 1.39. The highest BCUT2D eigenvalue weighted by Gasteiger charge is 2.22. The van der Waals surface area contributed by atoms with E-state index in [0.29, 0.717) is 17.9 Å². The number of fused-ring (bicyclic) bond motifs is 1. The van der Waals surface area contributed by atoms with Crippen LogP contribution in [0.25, 0.3) is 0 Å². The summed E-state index contributed by atoms with van der Waals surface area (Å²) in [7, 11) is 0. The number of rotatable bonds is 3. The molecule has 0 radical (unpaired) electrons. The molecule has 1 aliphatic rings. The van der Waals surface area contributed by atoms with Crippen LogP contribution < -0.4 is 4.74 Å². The van der Waals surface area contributed by atoms with E-state index in [9.17, 15) is 4.79 Å². The number of para-hydroxylation sites is 1. The minimum absolute atomic E-state index is 0.0822. The zero-order valence-electron chi connectivity index (χ0n) is 10.3. The van der Waals surface area contributed by atoms with Crippen molar-refractivity contribution in [1.29, 1.82) is 0 Å². The van der Waals surface area contributed by atoms with Crippen molar-refractivity contribution < 1.29 is 9.53 Å². The molecule has 0 aliphatic carbocycles. The maximum Gasteiger partial charge on any atom is 0.197 e. The van der Waals surface area contributed by atoms with Gasteiger partial charge in [-0.1, -0.05) is 12.1 Å². The monoisotopic (exact) mass is 231 g/mol. The van der Waals surface area contributed by atoms with Gasteiger partial charge in [0.25, 0.3) is 0 Å². The third kappa shape index (κ3) is 2.33. The van der Waals surface area contributed by atoms with Crippen LogP contribution in [0.15, 0.2) is 36.0 Å². The van der Waals surface area contributed by atoms with Crippen LogP contribution in [-0.4, -0.2) is 30.4 Å². The van der Waals surface area contributed by atoms with Crippen LogP contribution >= 0.6 is 0 Å². The van der Waals surface area contributed by atoms with E-state index in [2.05, 4.69) is 18.7 Å². The molecule has 0 amide bonds. The zero-order valence-corrected chi connectivity index (χ0v) is 10.3. The van der Waals surface area contributed by atoms with Gasteiger partial charge in [0.15, 0.2) is 5.78 Å². The minimum atomic E-state index is 0.0822. The van der Waals surface area contributed by atoms with Crippen LogP contribution in [0.4, 0.5) is 0 Å². The molecule has 0 N–H and O–H groups in total. The van der Waals surface area contributed by atoms with Gasteiger partial charge in [-0.25, -0.2) is 0 Å². The lowest BCUT2D eigenvalue weighted by Crippen LogP contribution is -2.24. The Labute approximate surface area is 102 Å². The van der Waals surface area contributed by atoms with Gasteiger partial charge in [0.05, 0.1) is 11.1 Å². The molecule has 1 heterocycles. The Hall–Kier alpha value is -1.77. The molecule has 3 heteroatoms. The summed E-state index contributed by atoms with van der Waals surface area (Å²) >= 11 is 0. The minimum Gasteiger partial charge on any atom is -0.488 e. The molecule has 1 aliphatic heterocycles. The molecule has 0 atom stereocenters. The van der Waals surface area contributed by atoms with Crippen molar-refractivity contribution in [1.82, 2.24) is 4.90 Å². The Balaban J connectivity index is 2.28. The molecule has 3 nitrogen and oxygen atoms in total. The van der Waals surface area contributed by atoms with Gasteiger partial charge in [-0.2, -0.15) is 0 Å². The van der Waals surface area contributed by atoms with Crippen LogP contribution in [0, 0.1) is 0 Å². The Kier molecular flexibility index (Phi) is 3.47. The van der Waals surface area contributed by atoms with E-state index in [-0.39, 0.29) is 5.78 Å². The number of carbonyl (C=O) groups is 1. The summed E-state index contributed by atoms with van der Waals surface area (Å²) in [6.45, 7) is 6.31. The second-order valence-electron chi connectivity index (χ2n) is 3.99. The number of nitrogens with zero attached hydrogens (tertiary/aromatic N) is 1. The molecule has 0 spiro atoms. The van der Waals surface area contributed by atoms with Gasteiger partial charge < -0.3 is 9.64 Å². The third-order valence-corrected chi connectivity index (χ3v) is 2.96. The second-order valence-corrected chi connectivity index (χ2v) is 3.99. The predicted molar refractivity (Wildman–Crippen MR) is 67.3 cm³/mol. The zero-order chi connectivity index (χ0) is 12.3. The summed E-state index contributed by atoms with van der Waals surface area (Å²) in [6.07, 6.45) is 1.91. The Morgan fingerprint density at radius 1 is 1.29 bits per heavy atom. The highest BCUT2D eigenvalue weighted by Crippen LogP contribution is 2.26. The maximum atomic E-state index is 12.2. The largest absolute Gasteiger partial charge is 0.488 e. The number of ketones is 1. The topological polar surface area (TPSA) is 29.5 Å². The molecule has 0 fully saturated rings. The lowest BCUT2D eigenvalue weighted by molar-refractivity contribution is 0.0996. The smallest absolute Gasteiger partial charge is 0.197 e. The first-order valence-corrected chi connectivity index (χ1v) is 5.97. The van der Waals surface area contributed by atoms with Crippen molar-refractivity contribution in [2.45, 2.75) is 13.8 Å². The first-order chi connectivity index (χ1) is 8.26. The Bertz CT molecular complexity index is 447. The number of hydrogen-bond acceptors (Lipinski definition) is 3. The SMILES string of the molecule is CCN(/C=C1/COc2ccccc2C1=O)CC. The average Bonchev–Trinajstić information content (AvgIpc) is 2.38. The van der Waals surface area contributed by atoms with Crippen LogP contribution in [0.3, 0.4) is 0 Å². The van der Waals surface area contributed by atoms with E-state index in [4.69, 9.17) is 4.74 Å². The van der Waals surface area contributed by atoms with E-state index < -0.39 is 0 Å². The van der Waals surface area contributed by atoms with Gasteiger partial charge in [-0.15, -0.1) is 0 Å². The molecule has 0 aromatic heterocycles. The van der Waals surface area contributed by atoms with Crippen molar-refractivity contribution in [2.75, 3.05) is 19.7 Å². The third-order valence-electron chi connectivity index (χ3n) is 2.96. The molecule has 0 saturated heterocycles. The lowest BCUT2D eigenvalue weighted by Gasteiger charge is -2.22. The van der Waals surface area contributed by atoms with Gasteiger partial charge in [0, 0.05) is 19.3 Å².